The van der Waals surface area contributed by atoms with Gasteiger partial charge < -0.3 is 0 Å². The molecular formula is C18H18. The molecule has 0 aliphatic rings. The van der Waals surface area contributed by atoms with Gasteiger partial charge in [-0.05, 0) is 35.1 Å². The fourth-order valence-electron chi connectivity index (χ4n) is 1.94. The molecular weight excluding hydrogens is 218 g/mol. The summed E-state index contributed by atoms with van der Waals surface area (Å²) >= 11 is 0. The van der Waals surface area contributed by atoms with Crippen LogP contribution in [0, 0.1) is 0 Å². The Morgan fingerprint density at radius 2 is 0.944 bits per heavy atom. The fraction of sp³-hybridized carbons (Fsp3) is 0.111. The van der Waals surface area contributed by atoms with E-state index in [9.17, 15) is 0 Å². The topological polar surface area (TPSA) is 0 Å². The number of benzene rings is 2. The Labute approximate surface area is 109 Å². The Bertz CT molecular complexity index is 469. The van der Waals surface area contributed by atoms with Gasteiger partial charge in [-0.3, -0.25) is 0 Å². The summed E-state index contributed by atoms with van der Waals surface area (Å²) in [6.45, 7) is 8.30. The summed E-state index contributed by atoms with van der Waals surface area (Å²) < 4.78 is 0. The van der Waals surface area contributed by atoms with Crippen molar-refractivity contribution in [1.82, 2.24) is 0 Å². The molecule has 0 spiro atoms. The Kier molecular flexibility index (Phi) is 4.14. The van der Waals surface area contributed by atoms with Crippen LogP contribution in [0.3, 0.4) is 0 Å². The summed E-state index contributed by atoms with van der Waals surface area (Å²) in [5.41, 5.74) is 4.79. The normalized spacial score (nSPS) is 10.0. The Morgan fingerprint density at radius 1 is 0.611 bits per heavy atom. The molecule has 0 nitrogen and oxygen atoms in total. The van der Waals surface area contributed by atoms with Gasteiger partial charge in [0, 0.05) is 0 Å². The smallest absolute Gasteiger partial charge is 0.0230 e. The second-order valence-electron chi connectivity index (χ2n) is 4.44. The molecule has 0 unspecified atom stereocenters. The SMILES string of the molecule is [13CH2]=C(CCC(=[13CH2])c1ccccc1)c1ccccc1. The molecule has 0 fully saturated rings. The van der Waals surface area contributed by atoms with Crippen LogP contribution in [-0.2, 0) is 0 Å². The van der Waals surface area contributed by atoms with Crippen molar-refractivity contribution in [3.05, 3.63) is 84.9 Å². The molecule has 0 N–H and O–H groups in total. The molecule has 0 saturated carbocycles. The molecule has 0 saturated heterocycles. The molecule has 0 bridgehead atoms. The van der Waals surface area contributed by atoms with E-state index in [-0.39, 0.29) is 0 Å². The zero-order chi connectivity index (χ0) is 12.8. The third-order valence-corrected chi connectivity index (χ3v) is 3.09. The lowest BCUT2D eigenvalue weighted by molar-refractivity contribution is 1.09. The maximum absolute atomic E-state index is 4.15. The second kappa shape index (κ2) is 6.02. The van der Waals surface area contributed by atoms with Crippen molar-refractivity contribution in [2.24, 2.45) is 0 Å². The Balaban J connectivity index is 1.93. The average Bonchev–Trinajstić information content (AvgIpc) is 2.46. The van der Waals surface area contributed by atoms with Gasteiger partial charge in [-0.2, -0.15) is 0 Å². The van der Waals surface area contributed by atoms with E-state index in [4.69, 9.17) is 0 Å². The molecule has 0 aromatic heterocycles. The van der Waals surface area contributed by atoms with Gasteiger partial charge in [0.25, 0.3) is 0 Å². The number of rotatable bonds is 5. The zero-order valence-electron chi connectivity index (χ0n) is 10.6. The van der Waals surface area contributed by atoms with E-state index in [1.807, 2.05) is 36.4 Å². The molecule has 0 aliphatic carbocycles. The monoisotopic (exact) mass is 236 g/mol. The van der Waals surface area contributed by atoms with Crippen LogP contribution < -0.4 is 0 Å². The third-order valence-electron chi connectivity index (χ3n) is 3.09. The summed E-state index contributed by atoms with van der Waals surface area (Å²) in [6.07, 6.45) is 1.91. The van der Waals surface area contributed by atoms with E-state index < -0.39 is 0 Å². The maximum atomic E-state index is 4.15. The predicted octanol–water partition coefficient (Wildman–Crippen LogP) is 5.19. The van der Waals surface area contributed by atoms with Crippen molar-refractivity contribution < 1.29 is 0 Å². The van der Waals surface area contributed by atoms with Gasteiger partial charge in [-0.15, -0.1) is 0 Å². The molecule has 2 aromatic rings. The zero-order valence-corrected chi connectivity index (χ0v) is 10.6. The largest absolute Gasteiger partial charge is 0.0952 e. The van der Waals surface area contributed by atoms with E-state index in [2.05, 4.69) is 37.4 Å². The van der Waals surface area contributed by atoms with E-state index in [1.165, 1.54) is 22.3 Å². The molecule has 0 heteroatoms. The van der Waals surface area contributed by atoms with E-state index in [0.29, 0.717) is 0 Å². The van der Waals surface area contributed by atoms with Gasteiger partial charge in [0.2, 0.25) is 0 Å². The van der Waals surface area contributed by atoms with Crippen LogP contribution in [0.2, 0.25) is 0 Å². The molecule has 18 heavy (non-hydrogen) atoms. The first kappa shape index (κ1) is 12.4. The Morgan fingerprint density at radius 3 is 1.28 bits per heavy atom. The van der Waals surface area contributed by atoms with Crippen LogP contribution in [0.4, 0.5) is 0 Å². The first-order chi connectivity index (χ1) is 8.77. The fourth-order valence-corrected chi connectivity index (χ4v) is 1.94. The van der Waals surface area contributed by atoms with E-state index in [1.54, 1.807) is 0 Å². The summed E-state index contributed by atoms with van der Waals surface area (Å²) in [6, 6.07) is 20.7. The van der Waals surface area contributed by atoms with Gasteiger partial charge in [0.15, 0.2) is 0 Å². The molecule has 2 rings (SSSR count). The van der Waals surface area contributed by atoms with Crippen LogP contribution >= 0.6 is 0 Å². The minimum absolute atomic E-state index is 0.956. The van der Waals surface area contributed by atoms with Gasteiger partial charge in [0.05, 0.1) is 0 Å². The van der Waals surface area contributed by atoms with Crippen LogP contribution in [0.15, 0.2) is 73.8 Å². The maximum Gasteiger partial charge on any atom is -0.0230 e. The van der Waals surface area contributed by atoms with Crippen molar-refractivity contribution in [2.45, 2.75) is 12.8 Å². The van der Waals surface area contributed by atoms with Crippen molar-refractivity contribution in [2.75, 3.05) is 0 Å². The highest BCUT2D eigenvalue weighted by Crippen LogP contribution is 2.24. The summed E-state index contributed by atoms with van der Waals surface area (Å²) in [5.74, 6) is 0. The minimum atomic E-state index is 0.956. The lowest BCUT2D eigenvalue weighted by atomic mass is 9.99. The van der Waals surface area contributed by atoms with Crippen LogP contribution in [-0.4, -0.2) is 0 Å². The standard InChI is InChI=1S/C18H18/c1-15(17-9-5-3-6-10-17)13-14-16(2)18-11-7-4-8-12-18/h3-12H,1-2,13-14H2/i1+1,2+1. The predicted molar refractivity (Wildman–Crippen MR) is 80.2 cm³/mol. The van der Waals surface area contributed by atoms with Crippen LogP contribution in [0.25, 0.3) is 11.1 Å². The molecule has 90 valence electrons. The van der Waals surface area contributed by atoms with Crippen molar-refractivity contribution in [3.63, 3.8) is 0 Å². The van der Waals surface area contributed by atoms with Crippen LogP contribution in [0.5, 0.6) is 0 Å². The molecule has 0 heterocycles. The highest BCUT2D eigenvalue weighted by molar-refractivity contribution is 5.68. The van der Waals surface area contributed by atoms with E-state index in [0.717, 1.165) is 12.8 Å². The van der Waals surface area contributed by atoms with Gasteiger partial charge >= 0.3 is 0 Å². The molecule has 0 aliphatic heterocycles. The molecule has 0 radical (unpaired) electrons. The molecule has 2 aromatic carbocycles. The highest BCUT2D eigenvalue weighted by Gasteiger charge is 2.01. The molecule has 0 atom stereocenters. The summed E-state index contributed by atoms with van der Waals surface area (Å²) in [4.78, 5) is 0. The van der Waals surface area contributed by atoms with Gasteiger partial charge in [0.1, 0.15) is 0 Å². The molecule has 0 amide bonds. The van der Waals surface area contributed by atoms with Crippen molar-refractivity contribution >= 4 is 11.1 Å². The number of hydrogen-bond donors (Lipinski definition) is 0. The van der Waals surface area contributed by atoms with Crippen molar-refractivity contribution in [1.29, 1.82) is 0 Å². The van der Waals surface area contributed by atoms with Gasteiger partial charge in [-0.1, -0.05) is 73.8 Å². The van der Waals surface area contributed by atoms with Crippen molar-refractivity contribution in [3.8, 4) is 0 Å². The highest BCUT2D eigenvalue weighted by atomic mass is 14.1. The lowest BCUT2D eigenvalue weighted by Gasteiger charge is -2.08. The quantitative estimate of drug-likeness (QED) is 0.626. The summed E-state index contributed by atoms with van der Waals surface area (Å²) in [5, 5.41) is 0. The van der Waals surface area contributed by atoms with Gasteiger partial charge in [-0.25, -0.2) is 0 Å². The minimum Gasteiger partial charge on any atom is -0.0952 e. The first-order valence-electron chi connectivity index (χ1n) is 6.24. The lowest BCUT2D eigenvalue weighted by Crippen LogP contribution is -1.86. The van der Waals surface area contributed by atoms with Crippen LogP contribution in [0.1, 0.15) is 24.0 Å². The number of allylic oxidation sites excluding steroid dienone is 2. The first-order valence-corrected chi connectivity index (χ1v) is 6.24. The second-order valence-corrected chi connectivity index (χ2v) is 4.44. The Hall–Kier alpha value is -2.08. The summed E-state index contributed by atoms with van der Waals surface area (Å²) in [7, 11) is 0. The average molecular weight is 236 g/mol. The number of hydrogen-bond acceptors (Lipinski definition) is 0. The third kappa shape index (κ3) is 3.21. The van der Waals surface area contributed by atoms with E-state index >= 15 is 0 Å².